The predicted molar refractivity (Wildman–Crippen MR) is 77.2 cm³/mol. The maximum absolute atomic E-state index is 12.1. The summed E-state index contributed by atoms with van der Waals surface area (Å²) in [5, 5.41) is 3.06. The molecule has 0 aromatic heterocycles. The fourth-order valence-electron chi connectivity index (χ4n) is 2.18. The van der Waals surface area contributed by atoms with Crippen LogP contribution in [-0.4, -0.2) is 21.5 Å². The molecule has 1 atom stereocenters. The molecule has 1 aliphatic rings. The molecule has 0 spiro atoms. The van der Waals surface area contributed by atoms with Crippen LogP contribution in [0.1, 0.15) is 31.4 Å². The van der Waals surface area contributed by atoms with E-state index in [0.717, 1.165) is 24.1 Å². The maximum Gasteiger partial charge on any atom is 0.216 e. The SMILES string of the molecule is CNCc1cccc(CS(=O)(=O)NC2CC2(C)C)c1. The van der Waals surface area contributed by atoms with Crippen molar-refractivity contribution < 1.29 is 8.42 Å². The minimum absolute atomic E-state index is 0.0527. The molecule has 1 fully saturated rings. The van der Waals surface area contributed by atoms with Crippen molar-refractivity contribution in [2.45, 2.75) is 38.6 Å². The highest BCUT2D eigenvalue weighted by atomic mass is 32.2. The number of hydrogen-bond acceptors (Lipinski definition) is 3. The average molecular weight is 282 g/mol. The van der Waals surface area contributed by atoms with E-state index in [2.05, 4.69) is 23.9 Å². The molecule has 19 heavy (non-hydrogen) atoms. The Labute approximate surface area is 115 Å². The molecule has 0 radical (unpaired) electrons. The summed E-state index contributed by atoms with van der Waals surface area (Å²) in [5.74, 6) is 0.0527. The van der Waals surface area contributed by atoms with E-state index in [1.54, 1.807) is 0 Å². The van der Waals surface area contributed by atoms with Gasteiger partial charge in [-0.05, 0) is 30.0 Å². The van der Waals surface area contributed by atoms with Gasteiger partial charge in [-0.25, -0.2) is 13.1 Å². The predicted octanol–water partition coefficient (Wildman–Crippen LogP) is 1.62. The summed E-state index contributed by atoms with van der Waals surface area (Å²) in [5.41, 5.74) is 2.04. The first kappa shape index (κ1) is 14.5. The van der Waals surface area contributed by atoms with Crippen LogP contribution in [0.25, 0.3) is 0 Å². The number of benzene rings is 1. The van der Waals surface area contributed by atoms with Crippen LogP contribution in [0.2, 0.25) is 0 Å². The van der Waals surface area contributed by atoms with Crippen LogP contribution >= 0.6 is 0 Å². The third-order valence-corrected chi connectivity index (χ3v) is 4.92. The highest BCUT2D eigenvalue weighted by Crippen LogP contribution is 2.45. The van der Waals surface area contributed by atoms with Crippen molar-refractivity contribution in [2.75, 3.05) is 7.05 Å². The summed E-state index contributed by atoms with van der Waals surface area (Å²) in [4.78, 5) is 0. The minimum Gasteiger partial charge on any atom is -0.316 e. The summed E-state index contributed by atoms with van der Waals surface area (Å²) in [7, 11) is -1.37. The van der Waals surface area contributed by atoms with E-state index in [-0.39, 0.29) is 17.2 Å². The van der Waals surface area contributed by atoms with E-state index in [9.17, 15) is 8.42 Å². The van der Waals surface area contributed by atoms with Gasteiger partial charge in [0.1, 0.15) is 0 Å². The van der Waals surface area contributed by atoms with Gasteiger partial charge in [0.25, 0.3) is 0 Å². The molecule has 1 saturated carbocycles. The second-order valence-corrected chi connectivity index (χ2v) is 7.73. The molecule has 0 saturated heterocycles. The summed E-state index contributed by atoms with van der Waals surface area (Å²) < 4.78 is 26.9. The Hall–Kier alpha value is -0.910. The van der Waals surface area contributed by atoms with Crippen LogP contribution in [0, 0.1) is 5.41 Å². The van der Waals surface area contributed by atoms with Crippen LogP contribution in [-0.2, 0) is 22.3 Å². The lowest BCUT2D eigenvalue weighted by Crippen LogP contribution is -2.29. The first-order valence-corrected chi connectivity index (χ1v) is 8.20. The van der Waals surface area contributed by atoms with Crippen molar-refractivity contribution in [1.82, 2.24) is 10.0 Å². The Kier molecular flexibility index (Phi) is 3.99. The van der Waals surface area contributed by atoms with E-state index in [1.807, 2.05) is 31.3 Å². The molecule has 106 valence electrons. The van der Waals surface area contributed by atoms with Gasteiger partial charge in [-0.2, -0.15) is 0 Å². The van der Waals surface area contributed by atoms with E-state index < -0.39 is 10.0 Å². The second kappa shape index (κ2) is 5.23. The van der Waals surface area contributed by atoms with E-state index in [4.69, 9.17) is 0 Å². The molecule has 0 amide bonds. The molecule has 5 heteroatoms. The molecular formula is C14H22N2O2S. The van der Waals surface area contributed by atoms with E-state index >= 15 is 0 Å². The molecular weight excluding hydrogens is 260 g/mol. The number of nitrogens with one attached hydrogen (secondary N) is 2. The quantitative estimate of drug-likeness (QED) is 0.833. The van der Waals surface area contributed by atoms with Gasteiger partial charge >= 0.3 is 0 Å². The zero-order chi connectivity index (χ0) is 14.1. The average Bonchev–Trinajstić information content (AvgIpc) is 2.84. The standard InChI is InChI=1S/C14H22N2O2S/c1-14(2)8-13(14)16-19(17,18)10-12-6-4-5-11(7-12)9-15-3/h4-7,13,15-16H,8-10H2,1-3H3. The number of rotatable bonds is 6. The summed E-state index contributed by atoms with van der Waals surface area (Å²) in [6.07, 6.45) is 0.923. The summed E-state index contributed by atoms with van der Waals surface area (Å²) in [6.45, 7) is 4.90. The highest BCUT2D eigenvalue weighted by molar-refractivity contribution is 7.88. The fourth-order valence-corrected chi connectivity index (χ4v) is 3.72. The van der Waals surface area contributed by atoms with Gasteiger partial charge in [-0.1, -0.05) is 38.1 Å². The van der Waals surface area contributed by atoms with Gasteiger partial charge in [-0.15, -0.1) is 0 Å². The first-order valence-electron chi connectivity index (χ1n) is 6.55. The van der Waals surface area contributed by atoms with Gasteiger partial charge in [0.15, 0.2) is 0 Å². The highest BCUT2D eigenvalue weighted by Gasteiger charge is 2.47. The third-order valence-electron chi connectivity index (χ3n) is 3.56. The Morgan fingerprint density at radius 3 is 2.53 bits per heavy atom. The monoisotopic (exact) mass is 282 g/mol. The normalized spacial score (nSPS) is 21.3. The van der Waals surface area contributed by atoms with Crippen LogP contribution in [0.5, 0.6) is 0 Å². The Morgan fingerprint density at radius 2 is 1.95 bits per heavy atom. The van der Waals surface area contributed by atoms with Crippen molar-refractivity contribution in [1.29, 1.82) is 0 Å². The van der Waals surface area contributed by atoms with Gasteiger partial charge in [-0.3, -0.25) is 0 Å². The minimum atomic E-state index is -3.24. The molecule has 1 aromatic rings. The van der Waals surface area contributed by atoms with Crippen LogP contribution in [0.4, 0.5) is 0 Å². The second-order valence-electron chi connectivity index (χ2n) is 5.97. The fraction of sp³-hybridized carbons (Fsp3) is 0.571. The molecule has 4 nitrogen and oxygen atoms in total. The van der Waals surface area contributed by atoms with Crippen LogP contribution in [0.15, 0.2) is 24.3 Å². The number of sulfonamides is 1. The molecule has 0 aliphatic heterocycles. The van der Waals surface area contributed by atoms with Crippen molar-refractivity contribution >= 4 is 10.0 Å². The molecule has 2 rings (SSSR count). The lowest BCUT2D eigenvalue weighted by atomic mass is 10.1. The maximum atomic E-state index is 12.1. The molecule has 1 aromatic carbocycles. The zero-order valence-corrected chi connectivity index (χ0v) is 12.5. The van der Waals surface area contributed by atoms with Crippen LogP contribution in [0.3, 0.4) is 0 Å². The van der Waals surface area contributed by atoms with E-state index in [1.165, 1.54) is 0 Å². The molecule has 1 aliphatic carbocycles. The smallest absolute Gasteiger partial charge is 0.216 e. The van der Waals surface area contributed by atoms with Crippen molar-refractivity contribution in [2.24, 2.45) is 5.41 Å². The molecule has 2 N–H and O–H groups in total. The van der Waals surface area contributed by atoms with Crippen molar-refractivity contribution in [3.63, 3.8) is 0 Å². The van der Waals surface area contributed by atoms with Crippen molar-refractivity contribution in [3.05, 3.63) is 35.4 Å². The third kappa shape index (κ3) is 4.03. The van der Waals surface area contributed by atoms with Gasteiger partial charge in [0.05, 0.1) is 5.75 Å². The Bertz CT molecular complexity index is 552. The lowest BCUT2D eigenvalue weighted by molar-refractivity contribution is 0.554. The molecule has 0 heterocycles. The molecule has 1 unspecified atom stereocenters. The first-order chi connectivity index (χ1) is 8.82. The van der Waals surface area contributed by atoms with Gasteiger partial charge in [0.2, 0.25) is 10.0 Å². The van der Waals surface area contributed by atoms with Gasteiger partial charge in [0, 0.05) is 12.6 Å². The Morgan fingerprint density at radius 1 is 1.32 bits per heavy atom. The Balaban J connectivity index is 2.01. The zero-order valence-electron chi connectivity index (χ0n) is 11.7. The van der Waals surface area contributed by atoms with Gasteiger partial charge < -0.3 is 5.32 Å². The van der Waals surface area contributed by atoms with Crippen LogP contribution < -0.4 is 10.0 Å². The van der Waals surface area contributed by atoms with Crippen molar-refractivity contribution in [3.8, 4) is 0 Å². The lowest BCUT2D eigenvalue weighted by Gasteiger charge is -2.09. The largest absolute Gasteiger partial charge is 0.316 e. The topological polar surface area (TPSA) is 58.2 Å². The molecule has 0 bridgehead atoms. The number of hydrogen-bond donors (Lipinski definition) is 2. The van der Waals surface area contributed by atoms with E-state index in [0.29, 0.717) is 0 Å². The summed E-state index contributed by atoms with van der Waals surface area (Å²) >= 11 is 0. The summed E-state index contributed by atoms with van der Waals surface area (Å²) in [6, 6.07) is 7.78.